The largest absolute Gasteiger partial charge is 0.390 e. The fraction of sp³-hybridized carbons (Fsp3) is 0.353. The first-order chi connectivity index (χ1) is 12.0. The van der Waals surface area contributed by atoms with Crippen LogP contribution in [0.5, 0.6) is 0 Å². The average Bonchev–Trinajstić information content (AvgIpc) is 3.11. The van der Waals surface area contributed by atoms with Gasteiger partial charge in [-0.2, -0.15) is 11.8 Å². The minimum atomic E-state index is -0.542. The third kappa shape index (κ3) is 4.45. The van der Waals surface area contributed by atoms with Gasteiger partial charge in [-0.25, -0.2) is 0 Å². The number of nitrogens with one attached hydrogen (secondary N) is 1. The second-order valence-corrected chi connectivity index (χ2v) is 7.84. The zero-order valence-electron chi connectivity index (χ0n) is 13.4. The summed E-state index contributed by atoms with van der Waals surface area (Å²) < 4.78 is 0. The molecule has 0 spiro atoms. The molecule has 25 heavy (non-hydrogen) atoms. The third-order valence-electron chi connectivity index (χ3n) is 3.93. The Labute approximate surface area is 154 Å². The Morgan fingerprint density at radius 1 is 1.28 bits per heavy atom. The second-order valence-electron chi connectivity index (χ2n) is 5.77. The Bertz CT molecular complexity index is 708. The van der Waals surface area contributed by atoms with E-state index in [0.717, 1.165) is 22.2 Å². The molecule has 3 rings (SSSR count). The summed E-state index contributed by atoms with van der Waals surface area (Å²) in [6.07, 6.45) is 1.17. The smallest absolute Gasteiger partial charge is 0.293 e. The van der Waals surface area contributed by atoms with E-state index >= 15 is 0 Å². The van der Waals surface area contributed by atoms with Gasteiger partial charge < -0.3 is 10.4 Å². The van der Waals surface area contributed by atoms with Crippen molar-refractivity contribution in [3.63, 3.8) is 0 Å². The van der Waals surface area contributed by atoms with Crippen LogP contribution in [-0.2, 0) is 9.59 Å². The van der Waals surface area contributed by atoms with Gasteiger partial charge >= 0.3 is 0 Å². The zero-order chi connectivity index (χ0) is 17.8. The number of hydrogen-bond acceptors (Lipinski definition) is 6. The standard InChI is InChI=1S/C17H18N2O4S2/c20-13-10-24-9-12(13)18-15(21)6-7-19-16(22)14(25-17(19)23)8-11-4-2-1-3-5-11/h1-5,8,12-13,20H,6-7,9-10H2,(H,18,21)/b14-8+/t12-,13+/m1/s1. The SMILES string of the molecule is O=C(CCN1C(=O)S/C(=C/c2ccccc2)C1=O)N[C@@H]1CSC[C@@H]1O. The predicted molar refractivity (Wildman–Crippen MR) is 99.0 cm³/mol. The van der Waals surface area contributed by atoms with E-state index in [-0.39, 0.29) is 36.1 Å². The van der Waals surface area contributed by atoms with E-state index in [1.807, 2.05) is 30.3 Å². The first-order valence-corrected chi connectivity index (χ1v) is 9.87. The molecule has 0 aliphatic carbocycles. The normalized spacial score (nSPS) is 25.0. The number of amides is 3. The molecule has 2 atom stereocenters. The lowest BCUT2D eigenvalue weighted by atomic mass is 10.2. The number of aliphatic hydroxyl groups excluding tert-OH is 1. The maximum atomic E-state index is 12.4. The lowest BCUT2D eigenvalue weighted by Crippen LogP contribution is -2.43. The number of rotatable bonds is 5. The van der Waals surface area contributed by atoms with Gasteiger partial charge in [0.1, 0.15) is 0 Å². The van der Waals surface area contributed by atoms with E-state index in [9.17, 15) is 19.5 Å². The number of nitrogens with zero attached hydrogens (tertiary/aromatic N) is 1. The van der Waals surface area contributed by atoms with E-state index in [2.05, 4.69) is 5.32 Å². The van der Waals surface area contributed by atoms with Gasteiger partial charge in [0.05, 0.1) is 17.1 Å². The molecule has 2 aliphatic heterocycles. The summed E-state index contributed by atoms with van der Waals surface area (Å²) in [6.45, 7) is 0.0403. The van der Waals surface area contributed by atoms with Crippen LogP contribution in [0.3, 0.4) is 0 Å². The number of carbonyl (C=O) groups is 3. The van der Waals surface area contributed by atoms with Gasteiger partial charge in [0.15, 0.2) is 0 Å². The molecule has 0 aromatic heterocycles. The van der Waals surface area contributed by atoms with Crippen LogP contribution in [0.4, 0.5) is 4.79 Å². The lowest BCUT2D eigenvalue weighted by molar-refractivity contribution is -0.124. The highest BCUT2D eigenvalue weighted by atomic mass is 32.2. The topological polar surface area (TPSA) is 86.7 Å². The van der Waals surface area contributed by atoms with Gasteiger partial charge in [-0.3, -0.25) is 19.3 Å². The van der Waals surface area contributed by atoms with Crippen molar-refractivity contribution in [2.45, 2.75) is 18.6 Å². The molecule has 2 fully saturated rings. The Balaban J connectivity index is 1.56. The van der Waals surface area contributed by atoms with Crippen molar-refractivity contribution >= 4 is 46.7 Å². The van der Waals surface area contributed by atoms with Crippen LogP contribution in [0.1, 0.15) is 12.0 Å². The van der Waals surface area contributed by atoms with Crippen molar-refractivity contribution in [2.24, 2.45) is 0 Å². The van der Waals surface area contributed by atoms with Crippen LogP contribution >= 0.6 is 23.5 Å². The van der Waals surface area contributed by atoms with Gasteiger partial charge in [0, 0.05) is 24.5 Å². The summed E-state index contributed by atoms with van der Waals surface area (Å²) in [6, 6.07) is 9.04. The number of hydrogen-bond donors (Lipinski definition) is 2. The highest BCUT2D eigenvalue weighted by Crippen LogP contribution is 2.32. The first kappa shape index (κ1) is 18.0. The molecule has 2 heterocycles. The van der Waals surface area contributed by atoms with Gasteiger partial charge in [-0.1, -0.05) is 30.3 Å². The molecule has 132 valence electrons. The summed E-state index contributed by atoms with van der Waals surface area (Å²) in [5, 5.41) is 12.1. The van der Waals surface area contributed by atoms with E-state index in [4.69, 9.17) is 0 Å². The molecule has 2 aliphatic rings. The van der Waals surface area contributed by atoms with Crippen LogP contribution in [0.2, 0.25) is 0 Å². The summed E-state index contributed by atoms with van der Waals surface area (Å²) in [5.41, 5.74) is 0.846. The van der Waals surface area contributed by atoms with Crippen molar-refractivity contribution in [3.05, 3.63) is 40.8 Å². The number of aliphatic hydroxyl groups is 1. The molecule has 6 nitrogen and oxygen atoms in total. The third-order valence-corrected chi connectivity index (χ3v) is 6.01. The highest BCUT2D eigenvalue weighted by Gasteiger charge is 2.35. The van der Waals surface area contributed by atoms with Crippen molar-refractivity contribution in [2.75, 3.05) is 18.1 Å². The highest BCUT2D eigenvalue weighted by molar-refractivity contribution is 8.18. The molecular weight excluding hydrogens is 360 g/mol. The Hall–Kier alpha value is -1.77. The molecule has 3 amide bonds. The van der Waals surface area contributed by atoms with Crippen LogP contribution in [0.25, 0.3) is 6.08 Å². The van der Waals surface area contributed by atoms with Crippen molar-refractivity contribution < 1.29 is 19.5 Å². The molecule has 0 unspecified atom stereocenters. The number of carbonyl (C=O) groups excluding carboxylic acids is 3. The van der Waals surface area contributed by atoms with E-state index in [0.29, 0.717) is 16.4 Å². The lowest BCUT2D eigenvalue weighted by Gasteiger charge is -2.17. The number of thioether (sulfide) groups is 2. The van der Waals surface area contributed by atoms with Gasteiger partial charge in [-0.05, 0) is 23.4 Å². The maximum Gasteiger partial charge on any atom is 0.293 e. The Kier molecular flexibility index (Phi) is 5.82. The molecule has 0 bridgehead atoms. The van der Waals surface area contributed by atoms with Crippen LogP contribution in [0, 0.1) is 0 Å². The summed E-state index contributed by atoms with van der Waals surface area (Å²) in [4.78, 5) is 37.9. The molecule has 2 N–H and O–H groups in total. The zero-order valence-corrected chi connectivity index (χ0v) is 15.0. The van der Waals surface area contributed by atoms with E-state index in [1.165, 1.54) is 0 Å². The second kappa shape index (κ2) is 8.07. The van der Waals surface area contributed by atoms with Crippen molar-refractivity contribution in [1.29, 1.82) is 0 Å². The summed E-state index contributed by atoms with van der Waals surface area (Å²) in [7, 11) is 0. The van der Waals surface area contributed by atoms with Crippen LogP contribution in [-0.4, -0.2) is 57.3 Å². The predicted octanol–water partition coefficient (Wildman–Crippen LogP) is 1.71. The quantitative estimate of drug-likeness (QED) is 0.759. The van der Waals surface area contributed by atoms with Gasteiger partial charge in [0.25, 0.3) is 11.1 Å². The van der Waals surface area contributed by atoms with Crippen molar-refractivity contribution in [3.8, 4) is 0 Å². The van der Waals surface area contributed by atoms with Crippen molar-refractivity contribution in [1.82, 2.24) is 10.2 Å². The first-order valence-electron chi connectivity index (χ1n) is 7.90. The van der Waals surface area contributed by atoms with Gasteiger partial charge in [-0.15, -0.1) is 0 Å². The fourth-order valence-electron chi connectivity index (χ4n) is 2.57. The number of imide groups is 1. The summed E-state index contributed by atoms with van der Waals surface area (Å²) >= 11 is 2.47. The molecule has 0 saturated carbocycles. The molecule has 1 aromatic rings. The van der Waals surface area contributed by atoms with Gasteiger partial charge in [0.2, 0.25) is 5.91 Å². The van der Waals surface area contributed by atoms with Crippen LogP contribution < -0.4 is 5.32 Å². The maximum absolute atomic E-state index is 12.4. The number of benzene rings is 1. The fourth-order valence-corrected chi connectivity index (χ4v) is 4.60. The minimum Gasteiger partial charge on any atom is -0.390 e. The molecule has 8 heteroatoms. The summed E-state index contributed by atoms with van der Waals surface area (Å²) in [5.74, 6) is 0.646. The van der Waals surface area contributed by atoms with Crippen LogP contribution in [0.15, 0.2) is 35.2 Å². The van der Waals surface area contributed by atoms with E-state index in [1.54, 1.807) is 17.8 Å². The molecule has 2 saturated heterocycles. The minimum absolute atomic E-state index is 0.0323. The molecule has 0 radical (unpaired) electrons. The van der Waals surface area contributed by atoms with E-state index < -0.39 is 6.10 Å². The Morgan fingerprint density at radius 2 is 2.04 bits per heavy atom. The average molecular weight is 378 g/mol. The molecular formula is C17H18N2O4S2. The molecule has 1 aromatic carbocycles. The Morgan fingerprint density at radius 3 is 2.72 bits per heavy atom. The monoisotopic (exact) mass is 378 g/mol.